The Balaban J connectivity index is 2.30. The summed E-state index contributed by atoms with van der Waals surface area (Å²) in [7, 11) is 0. The summed E-state index contributed by atoms with van der Waals surface area (Å²) < 4.78 is 14.3. The van der Waals surface area contributed by atoms with Crippen LogP contribution >= 0.6 is 15.9 Å². The van der Waals surface area contributed by atoms with Crippen molar-refractivity contribution < 1.29 is 9.18 Å². The lowest BCUT2D eigenvalue weighted by molar-refractivity contribution is 0.102. The molecular formula is C14H13BrFN3O. The van der Waals surface area contributed by atoms with Crippen molar-refractivity contribution in [3.05, 3.63) is 57.8 Å². The summed E-state index contributed by atoms with van der Waals surface area (Å²) in [6.07, 6.45) is 0. The van der Waals surface area contributed by atoms with Gasteiger partial charge in [-0.2, -0.15) is 0 Å². The third kappa shape index (κ3) is 3.15. The molecule has 0 aliphatic rings. The summed E-state index contributed by atoms with van der Waals surface area (Å²) >= 11 is 3.23. The summed E-state index contributed by atoms with van der Waals surface area (Å²) in [6.45, 7) is 1.89. The minimum absolute atomic E-state index is 0.105. The van der Waals surface area contributed by atoms with Crippen LogP contribution in [0.5, 0.6) is 0 Å². The van der Waals surface area contributed by atoms with E-state index in [1.807, 2.05) is 6.92 Å². The summed E-state index contributed by atoms with van der Waals surface area (Å²) in [5.74, 6) is 4.45. The van der Waals surface area contributed by atoms with Gasteiger partial charge in [-0.1, -0.05) is 22.0 Å². The number of amides is 1. The maximum Gasteiger partial charge on any atom is 0.257 e. The average molecular weight is 338 g/mol. The first-order valence-electron chi connectivity index (χ1n) is 5.85. The molecule has 20 heavy (non-hydrogen) atoms. The molecule has 104 valence electrons. The van der Waals surface area contributed by atoms with E-state index in [9.17, 15) is 9.18 Å². The first-order chi connectivity index (χ1) is 9.51. The minimum Gasteiger partial charge on any atom is -0.323 e. The molecule has 0 unspecified atom stereocenters. The van der Waals surface area contributed by atoms with Crippen LogP contribution in [-0.2, 0) is 0 Å². The Kier molecular flexibility index (Phi) is 4.36. The van der Waals surface area contributed by atoms with Gasteiger partial charge in [0.1, 0.15) is 5.82 Å². The quantitative estimate of drug-likeness (QED) is 0.593. The van der Waals surface area contributed by atoms with Crippen molar-refractivity contribution >= 4 is 33.2 Å². The molecule has 6 heteroatoms. The number of hydrogen-bond acceptors (Lipinski definition) is 3. The monoisotopic (exact) mass is 337 g/mol. The Bertz CT molecular complexity index is 661. The van der Waals surface area contributed by atoms with Crippen LogP contribution in [0.3, 0.4) is 0 Å². The molecule has 4 N–H and O–H groups in total. The van der Waals surface area contributed by atoms with E-state index in [-0.39, 0.29) is 5.69 Å². The standard InChI is InChI=1S/C14H13BrFN3O/c1-8-2-4-10(12(6-8)19-17)14(20)18-13-7-9(15)3-5-11(13)16/h2-7,19H,17H2,1H3,(H,18,20). The van der Waals surface area contributed by atoms with Crippen LogP contribution in [0.2, 0.25) is 0 Å². The molecule has 0 fully saturated rings. The van der Waals surface area contributed by atoms with Crippen molar-refractivity contribution in [1.82, 2.24) is 0 Å². The zero-order valence-corrected chi connectivity index (χ0v) is 12.3. The van der Waals surface area contributed by atoms with E-state index in [1.165, 1.54) is 12.1 Å². The molecule has 0 aliphatic carbocycles. The van der Waals surface area contributed by atoms with Gasteiger partial charge in [-0.15, -0.1) is 0 Å². The van der Waals surface area contributed by atoms with Crippen molar-refractivity contribution in [2.24, 2.45) is 5.84 Å². The molecule has 0 spiro atoms. The predicted molar refractivity (Wildman–Crippen MR) is 81.0 cm³/mol. The Morgan fingerprint density at radius 1 is 1.20 bits per heavy atom. The van der Waals surface area contributed by atoms with Crippen LogP contribution < -0.4 is 16.6 Å². The Morgan fingerprint density at radius 2 is 1.95 bits per heavy atom. The number of nitrogen functional groups attached to an aromatic ring is 1. The molecule has 0 aromatic heterocycles. The van der Waals surface area contributed by atoms with E-state index in [0.29, 0.717) is 15.7 Å². The highest BCUT2D eigenvalue weighted by Crippen LogP contribution is 2.22. The highest BCUT2D eigenvalue weighted by molar-refractivity contribution is 9.10. The Morgan fingerprint density at radius 3 is 2.65 bits per heavy atom. The van der Waals surface area contributed by atoms with E-state index in [4.69, 9.17) is 5.84 Å². The Hall–Kier alpha value is -1.92. The van der Waals surface area contributed by atoms with Crippen LogP contribution in [0, 0.1) is 12.7 Å². The summed E-state index contributed by atoms with van der Waals surface area (Å²) in [5.41, 5.74) is 4.36. The second-order valence-electron chi connectivity index (χ2n) is 4.27. The zero-order valence-electron chi connectivity index (χ0n) is 10.7. The van der Waals surface area contributed by atoms with Crippen molar-refractivity contribution in [3.63, 3.8) is 0 Å². The van der Waals surface area contributed by atoms with Gasteiger partial charge in [0.15, 0.2) is 0 Å². The number of hydrogen-bond donors (Lipinski definition) is 3. The number of carbonyl (C=O) groups excluding carboxylic acids is 1. The lowest BCUT2D eigenvalue weighted by Gasteiger charge is -2.11. The van der Waals surface area contributed by atoms with E-state index >= 15 is 0 Å². The fraction of sp³-hybridized carbons (Fsp3) is 0.0714. The summed E-state index contributed by atoms with van der Waals surface area (Å²) in [4.78, 5) is 12.2. The maximum absolute atomic E-state index is 13.6. The molecule has 1 amide bonds. The largest absolute Gasteiger partial charge is 0.323 e. The number of halogens is 2. The number of carbonyl (C=O) groups is 1. The maximum atomic E-state index is 13.6. The van der Waals surface area contributed by atoms with Gasteiger partial charge >= 0.3 is 0 Å². The van der Waals surface area contributed by atoms with Crippen LogP contribution in [0.25, 0.3) is 0 Å². The number of benzene rings is 2. The van der Waals surface area contributed by atoms with Crippen molar-refractivity contribution in [2.75, 3.05) is 10.7 Å². The summed E-state index contributed by atoms with van der Waals surface area (Å²) in [5, 5.41) is 2.52. The van der Waals surface area contributed by atoms with Crippen LogP contribution in [0.1, 0.15) is 15.9 Å². The van der Waals surface area contributed by atoms with Crippen molar-refractivity contribution in [2.45, 2.75) is 6.92 Å². The number of nitrogens with one attached hydrogen (secondary N) is 2. The molecule has 2 aromatic carbocycles. The first-order valence-corrected chi connectivity index (χ1v) is 6.64. The highest BCUT2D eigenvalue weighted by atomic mass is 79.9. The molecule has 0 saturated carbocycles. The fourth-order valence-corrected chi connectivity index (χ4v) is 2.12. The summed E-state index contributed by atoms with van der Waals surface area (Å²) in [6, 6.07) is 9.49. The van der Waals surface area contributed by atoms with E-state index in [0.717, 1.165) is 5.56 Å². The second-order valence-corrected chi connectivity index (χ2v) is 5.19. The van der Waals surface area contributed by atoms with Gasteiger partial charge in [0, 0.05) is 4.47 Å². The molecule has 2 rings (SSSR count). The van der Waals surface area contributed by atoms with Gasteiger partial charge in [0.05, 0.1) is 16.9 Å². The van der Waals surface area contributed by atoms with Crippen LogP contribution in [0.15, 0.2) is 40.9 Å². The van der Waals surface area contributed by atoms with Gasteiger partial charge in [-0.25, -0.2) is 4.39 Å². The van der Waals surface area contributed by atoms with E-state index in [1.54, 1.807) is 24.3 Å². The molecular weight excluding hydrogens is 325 g/mol. The van der Waals surface area contributed by atoms with Crippen molar-refractivity contribution in [3.8, 4) is 0 Å². The van der Waals surface area contributed by atoms with E-state index < -0.39 is 11.7 Å². The zero-order chi connectivity index (χ0) is 14.7. The van der Waals surface area contributed by atoms with Gasteiger partial charge in [0.25, 0.3) is 5.91 Å². The minimum atomic E-state index is -0.504. The third-order valence-electron chi connectivity index (χ3n) is 2.75. The SMILES string of the molecule is Cc1ccc(C(=O)Nc2cc(Br)ccc2F)c(NN)c1. The number of aryl methyl sites for hydroxylation is 1. The number of nitrogens with two attached hydrogens (primary N) is 1. The predicted octanol–water partition coefficient (Wildman–Crippen LogP) is 3.43. The average Bonchev–Trinajstić information content (AvgIpc) is 2.42. The molecule has 0 radical (unpaired) electrons. The van der Waals surface area contributed by atoms with Crippen molar-refractivity contribution in [1.29, 1.82) is 0 Å². The molecule has 0 aliphatic heterocycles. The number of anilines is 2. The van der Waals surface area contributed by atoms with E-state index in [2.05, 4.69) is 26.7 Å². The first kappa shape index (κ1) is 14.5. The molecule has 0 bridgehead atoms. The molecule has 0 atom stereocenters. The van der Waals surface area contributed by atoms with Gasteiger partial charge in [0.2, 0.25) is 0 Å². The highest BCUT2D eigenvalue weighted by Gasteiger charge is 2.13. The smallest absolute Gasteiger partial charge is 0.257 e. The lowest BCUT2D eigenvalue weighted by Crippen LogP contribution is -2.18. The number of hydrazine groups is 1. The normalized spacial score (nSPS) is 10.2. The fourth-order valence-electron chi connectivity index (χ4n) is 1.76. The molecule has 2 aromatic rings. The van der Waals surface area contributed by atoms with Gasteiger partial charge < -0.3 is 10.7 Å². The van der Waals surface area contributed by atoms with Crippen LogP contribution in [-0.4, -0.2) is 5.91 Å². The topological polar surface area (TPSA) is 67.2 Å². The number of rotatable bonds is 3. The Labute approximate surface area is 124 Å². The van der Waals surface area contributed by atoms with Gasteiger partial charge in [-0.05, 0) is 42.8 Å². The molecule has 4 nitrogen and oxygen atoms in total. The third-order valence-corrected chi connectivity index (χ3v) is 3.25. The van der Waals surface area contributed by atoms with Gasteiger partial charge in [-0.3, -0.25) is 10.6 Å². The van der Waals surface area contributed by atoms with Crippen LogP contribution in [0.4, 0.5) is 15.8 Å². The second kappa shape index (κ2) is 6.02. The molecule has 0 heterocycles. The lowest BCUT2D eigenvalue weighted by atomic mass is 10.1. The molecule has 0 saturated heterocycles.